The van der Waals surface area contributed by atoms with Gasteiger partial charge in [-0.05, 0) is 0 Å². The Morgan fingerprint density at radius 2 is 1.31 bits per heavy atom. The molecule has 0 atom stereocenters. The van der Waals surface area contributed by atoms with Gasteiger partial charge in [-0.15, -0.1) is 0 Å². The third-order valence-corrected chi connectivity index (χ3v) is 2.22. The van der Waals surface area contributed by atoms with Crippen molar-refractivity contribution in [3.63, 3.8) is 0 Å². The highest BCUT2D eigenvalue weighted by atomic mass is 14.9. The molecule has 0 saturated carbocycles. The van der Waals surface area contributed by atoms with E-state index in [-0.39, 0.29) is 5.41 Å². The van der Waals surface area contributed by atoms with Crippen molar-refractivity contribution in [1.82, 2.24) is 19.9 Å². The third kappa shape index (κ3) is 2.21. The minimum absolute atomic E-state index is 0.0221. The summed E-state index contributed by atoms with van der Waals surface area (Å²) in [5.74, 6) is 0.841. The van der Waals surface area contributed by atoms with Gasteiger partial charge in [-0.25, -0.2) is 19.9 Å². The Balaban J connectivity index is 2.34. The lowest BCUT2D eigenvalue weighted by atomic mass is 9.95. The predicted octanol–water partition coefficient (Wildman–Crippen LogP) is 2.23. The van der Waals surface area contributed by atoms with Crippen LogP contribution in [0.4, 0.5) is 0 Å². The lowest BCUT2D eigenvalue weighted by Crippen LogP contribution is -2.15. The van der Waals surface area contributed by atoms with E-state index in [0.29, 0.717) is 0 Å². The van der Waals surface area contributed by atoms with Gasteiger partial charge in [0.15, 0.2) is 0 Å². The van der Waals surface area contributed by atoms with E-state index in [2.05, 4.69) is 40.7 Å². The quantitative estimate of drug-likeness (QED) is 0.730. The van der Waals surface area contributed by atoms with E-state index in [1.807, 2.05) is 12.4 Å². The summed E-state index contributed by atoms with van der Waals surface area (Å²) in [6.45, 7) is 6.27. The molecule has 0 fully saturated rings. The lowest BCUT2D eigenvalue weighted by molar-refractivity contribution is 0.545. The second-order valence-corrected chi connectivity index (χ2v) is 4.67. The van der Waals surface area contributed by atoms with Gasteiger partial charge in [-0.3, -0.25) is 0 Å². The molecule has 0 aliphatic heterocycles. The minimum Gasteiger partial charge on any atom is -0.244 e. The Morgan fingerprint density at radius 1 is 0.812 bits per heavy atom. The van der Waals surface area contributed by atoms with E-state index in [1.54, 1.807) is 12.4 Å². The van der Waals surface area contributed by atoms with Gasteiger partial charge in [0, 0.05) is 41.3 Å². The fraction of sp³-hybridized carbons (Fsp3) is 0.333. The van der Waals surface area contributed by atoms with Crippen molar-refractivity contribution in [1.29, 1.82) is 0 Å². The summed E-state index contributed by atoms with van der Waals surface area (Å²) in [6.07, 6.45) is 8.64. The molecular formula is C12H14N4. The largest absolute Gasteiger partial charge is 0.244 e. The molecular weight excluding hydrogens is 200 g/mol. The van der Waals surface area contributed by atoms with Crippen molar-refractivity contribution in [2.75, 3.05) is 0 Å². The van der Waals surface area contributed by atoms with Gasteiger partial charge < -0.3 is 0 Å². The number of nitrogens with zero attached hydrogens (tertiary/aromatic N) is 4. The summed E-state index contributed by atoms with van der Waals surface area (Å²) in [6, 6.07) is 0. The molecule has 0 bridgehead atoms. The maximum Gasteiger partial charge on any atom is 0.133 e. The molecule has 0 unspecified atom stereocenters. The second kappa shape index (κ2) is 3.96. The summed E-state index contributed by atoms with van der Waals surface area (Å²) in [4.78, 5) is 16.7. The Hall–Kier alpha value is -1.84. The van der Waals surface area contributed by atoms with Gasteiger partial charge in [0.1, 0.15) is 12.2 Å². The van der Waals surface area contributed by atoms with Crippen LogP contribution < -0.4 is 0 Å². The number of hydrogen-bond donors (Lipinski definition) is 0. The van der Waals surface area contributed by atoms with Gasteiger partial charge in [-0.2, -0.15) is 0 Å². The van der Waals surface area contributed by atoms with Crippen LogP contribution in [0.2, 0.25) is 0 Å². The molecule has 0 aromatic carbocycles. The maximum absolute atomic E-state index is 4.36. The van der Waals surface area contributed by atoms with E-state index in [9.17, 15) is 0 Å². The summed E-state index contributed by atoms with van der Waals surface area (Å²) < 4.78 is 0. The maximum atomic E-state index is 4.36. The average molecular weight is 214 g/mol. The monoisotopic (exact) mass is 214 g/mol. The standard InChI is InChI=1S/C12H14N4/c1-12(2,3)11-15-6-10(7-16-11)9-4-13-8-14-5-9/h4-8H,1-3H3. The van der Waals surface area contributed by atoms with E-state index in [0.717, 1.165) is 17.0 Å². The third-order valence-electron chi connectivity index (χ3n) is 2.22. The highest BCUT2D eigenvalue weighted by Gasteiger charge is 2.16. The molecule has 2 heterocycles. The molecule has 82 valence electrons. The Morgan fingerprint density at radius 3 is 1.81 bits per heavy atom. The fourth-order valence-corrected chi connectivity index (χ4v) is 1.31. The average Bonchev–Trinajstić information content (AvgIpc) is 2.29. The number of aromatic nitrogens is 4. The number of rotatable bonds is 1. The first-order valence-corrected chi connectivity index (χ1v) is 5.15. The normalized spacial score (nSPS) is 11.4. The van der Waals surface area contributed by atoms with Crippen LogP contribution in [0, 0.1) is 0 Å². The Labute approximate surface area is 94.8 Å². The van der Waals surface area contributed by atoms with Crippen LogP contribution in [0.25, 0.3) is 11.1 Å². The molecule has 2 rings (SSSR count). The summed E-state index contributed by atoms with van der Waals surface area (Å²) in [5, 5.41) is 0. The van der Waals surface area contributed by atoms with Crippen molar-refractivity contribution in [2.24, 2.45) is 0 Å². The van der Waals surface area contributed by atoms with E-state index >= 15 is 0 Å². The van der Waals surface area contributed by atoms with Crippen LogP contribution in [-0.2, 0) is 5.41 Å². The van der Waals surface area contributed by atoms with Crippen LogP contribution in [0.5, 0.6) is 0 Å². The summed E-state index contributed by atoms with van der Waals surface area (Å²) in [7, 11) is 0. The molecule has 0 saturated heterocycles. The molecule has 0 aliphatic carbocycles. The van der Waals surface area contributed by atoms with Crippen LogP contribution in [0.15, 0.2) is 31.1 Å². The molecule has 4 heteroatoms. The van der Waals surface area contributed by atoms with E-state index in [1.165, 1.54) is 6.33 Å². The van der Waals surface area contributed by atoms with Gasteiger partial charge in [0.05, 0.1) is 0 Å². The van der Waals surface area contributed by atoms with Gasteiger partial charge in [0.25, 0.3) is 0 Å². The molecule has 16 heavy (non-hydrogen) atoms. The summed E-state index contributed by atoms with van der Waals surface area (Å²) in [5.41, 5.74) is 1.85. The second-order valence-electron chi connectivity index (χ2n) is 4.67. The van der Waals surface area contributed by atoms with Crippen LogP contribution >= 0.6 is 0 Å². The smallest absolute Gasteiger partial charge is 0.133 e. The highest BCUT2D eigenvalue weighted by Crippen LogP contribution is 2.20. The van der Waals surface area contributed by atoms with Gasteiger partial charge in [0.2, 0.25) is 0 Å². The summed E-state index contributed by atoms with van der Waals surface area (Å²) >= 11 is 0. The first kappa shape index (κ1) is 10.7. The Bertz CT molecular complexity index is 457. The SMILES string of the molecule is CC(C)(C)c1ncc(-c2cncnc2)cn1. The van der Waals surface area contributed by atoms with Crippen LogP contribution in [-0.4, -0.2) is 19.9 Å². The van der Waals surface area contributed by atoms with Crippen LogP contribution in [0.3, 0.4) is 0 Å². The van der Waals surface area contributed by atoms with Crippen LogP contribution in [0.1, 0.15) is 26.6 Å². The molecule has 2 aromatic heterocycles. The molecule has 0 spiro atoms. The van der Waals surface area contributed by atoms with Crippen molar-refractivity contribution < 1.29 is 0 Å². The first-order chi connectivity index (χ1) is 7.57. The van der Waals surface area contributed by atoms with Crippen molar-refractivity contribution in [3.05, 3.63) is 36.9 Å². The Kier molecular flexibility index (Phi) is 2.64. The predicted molar refractivity (Wildman–Crippen MR) is 61.8 cm³/mol. The molecule has 0 amide bonds. The molecule has 4 nitrogen and oxygen atoms in total. The van der Waals surface area contributed by atoms with Gasteiger partial charge in [-0.1, -0.05) is 20.8 Å². The molecule has 0 radical (unpaired) electrons. The van der Waals surface area contributed by atoms with E-state index in [4.69, 9.17) is 0 Å². The van der Waals surface area contributed by atoms with Crippen molar-refractivity contribution in [3.8, 4) is 11.1 Å². The zero-order chi connectivity index (χ0) is 11.6. The minimum atomic E-state index is -0.0221. The zero-order valence-electron chi connectivity index (χ0n) is 9.68. The lowest BCUT2D eigenvalue weighted by Gasteiger charge is -2.15. The first-order valence-electron chi connectivity index (χ1n) is 5.15. The van der Waals surface area contributed by atoms with Gasteiger partial charge >= 0.3 is 0 Å². The highest BCUT2D eigenvalue weighted by molar-refractivity contribution is 5.58. The molecule has 0 aliphatic rings. The molecule has 0 N–H and O–H groups in total. The topological polar surface area (TPSA) is 51.6 Å². The van der Waals surface area contributed by atoms with Crippen molar-refractivity contribution in [2.45, 2.75) is 26.2 Å². The van der Waals surface area contributed by atoms with Crippen molar-refractivity contribution >= 4 is 0 Å². The number of hydrogen-bond acceptors (Lipinski definition) is 4. The fourth-order valence-electron chi connectivity index (χ4n) is 1.31. The molecule has 2 aromatic rings. The van der Waals surface area contributed by atoms with E-state index < -0.39 is 0 Å². The zero-order valence-corrected chi connectivity index (χ0v) is 9.68.